The van der Waals surface area contributed by atoms with Crippen molar-refractivity contribution in [2.75, 3.05) is 5.32 Å². The van der Waals surface area contributed by atoms with Gasteiger partial charge in [0.2, 0.25) is 0 Å². The van der Waals surface area contributed by atoms with E-state index in [0.717, 1.165) is 44.4 Å². The molecule has 32 heavy (non-hydrogen) atoms. The summed E-state index contributed by atoms with van der Waals surface area (Å²) in [4.78, 5) is 0. The number of hydrogen-bond acceptors (Lipinski definition) is 2. The first-order valence-electron chi connectivity index (χ1n) is 10.8. The molecule has 0 aliphatic heterocycles. The summed E-state index contributed by atoms with van der Waals surface area (Å²) >= 11 is 0. The molecule has 0 radical (unpaired) electrons. The van der Waals surface area contributed by atoms with Crippen molar-refractivity contribution >= 4 is 33.3 Å². The van der Waals surface area contributed by atoms with Crippen molar-refractivity contribution in [2.24, 2.45) is 0 Å². The molecule has 152 valence electrons. The van der Waals surface area contributed by atoms with Gasteiger partial charge in [0, 0.05) is 22.2 Å². The van der Waals surface area contributed by atoms with Gasteiger partial charge < -0.3 is 9.73 Å². The van der Waals surface area contributed by atoms with E-state index in [1.807, 2.05) is 24.3 Å². The Bertz CT molecular complexity index is 1530. The smallest absolute Gasteiger partial charge is 0.137 e. The highest BCUT2D eigenvalue weighted by Crippen LogP contribution is 2.43. The van der Waals surface area contributed by atoms with Crippen LogP contribution in [-0.4, -0.2) is 0 Å². The van der Waals surface area contributed by atoms with Crippen LogP contribution in [0.2, 0.25) is 0 Å². The van der Waals surface area contributed by atoms with Crippen LogP contribution in [0.4, 0.5) is 11.4 Å². The zero-order valence-electron chi connectivity index (χ0n) is 17.5. The summed E-state index contributed by atoms with van der Waals surface area (Å²) in [6, 6.07) is 41.9. The van der Waals surface area contributed by atoms with E-state index in [4.69, 9.17) is 4.42 Å². The van der Waals surface area contributed by atoms with E-state index in [1.165, 1.54) is 11.1 Å². The number of furan rings is 1. The number of para-hydroxylation sites is 2. The average molecular weight is 412 g/mol. The minimum atomic E-state index is 0.880. The molecule has 5 aromatic carbocycles. The number of benzene rings is 5. The number of fused-ring (bicyclic) bond motifs is 3. The first kappa shape index (κ1) is 18.5. The van der Waals surface area contributed by atoms with E-state index < -0.39 is 0 Å². The Balaban J connectivity index is 1.62. The predicted molar refractivity (Wildman–Crippen MR) is 134 cm³/mol. The van der Waals surface area contributed by atoms with Gasteiger partial charge in [-0.2, -0.15) is 0 Å². The van der Waals surface area contributed by atoms with Gasteiger partial charge in [-0.05, 0) is 35.4 Å². The third-order valence-corrected chi connectivity index (χ3v) is 5.90. The largest absolute Gasteiger partial charge is 0.456 e. The van der Waals surface area contributed by atoms with Crippen molar-refractivity contribution in [3.63, 3.8) is 0 Å². The Kier molecular flexibility index (Phi) is 4.47. The Morgan fingerprint density at radius 1 is 0.469 bits per heavy atom. The molecule has 0 aliphatic carbocycles. The van der Waals surface area contributed by atoms with Crippen LogP contribution in [-0.2, 0) is 0 Å². The molecule has 2 nitrogen and oxygen atoms in total. The molecular formula is C30H21NO. The zero-order valence-corrected chi connectivity index (χ0v) is 17.5. The van der Waals surface area contributed by atoms with E-state index in [9.17, 15) is 0 Å². The molecule has 0 spiro atoms. The molecule has 0 saturated heterocycles. The van der Waals surface area contributed by atoms with Crippen LogP contribution in [0.3, 0.4) is 0 Å². The van der Waals surface area contributed by atoms with Crippen LogP contribution in [0.5, 0.6) is 0 Å². The van der Waals surface area contributed by atoms with Gasteiger partial charge in [0.25, 0.3) is 0 Å². The molecule has 0 atom stereocenters. The Morgan fingerprint density at radius 2 is 1.09 bits per heavy atom. The molecule has 0 fully saturated rings. The fourth-order valence-corrected chi connectivity index (χ4v) is 4.40. The molecule has 6 rings (SSSR count). The van der Waals surface area contributed by atoms with Gasteiger partial charge in [-0.3, -0.25) is 0 Å². The minimum absolute atomic E-state index is 0.880. The summed E-state index contributed by atoms with van der Waals surface area (Å²) in [7, 11) is 0. The van der Waals surface area contributed by atoms with Crippen LogP contribution in [0.15, 0.2) is 126 Å². The molecule has 0 amide bonds. The number of anilines is 2. The van der Waals surface area contributed by atoms with Crippen molar-refractivity contribution < 1.29 is 4.42 Å². The van der Waals surface area contributed by atoms with Gasteiger partial charge in [-0.15, -0.1) is 0 Å². The van der Waals surface area contributed by atoms with E-state index in [-0.39, 0.29) is 0 Å². The van der Waals surface area contributed by atoms with E-state index in [0.29, 0.717) is 0 Å². The van der Waals surface area contributed by atoms with Crippen molar-refractivity contribution in [3.05, 3.63) is 121 Å². The quantitative estimate of drug-likeness (QED) is 0.314. The maximum absolute atomic E-state index is 6.20. The van der Waals surface area contributed by atoms with Crippen LogP contribution in [0, 0.1) is 0 Å². The summed E-state index contributed by atoms with van der Waals surface area (Å²) in [5.74, 6) is 0. The van der Waals surface area contributed by atoms with Crippen molar-refractivity contribution in [2.45, 2.75) is 0 Å². The van der Waals surface area contributed by atoms with E-state index >= 15 is 0 Å². The molecule has 1 aromatic heterocycles. The summed E-state index contributed by atoms with van der Waals surface area (Å²) in [6.07, 6.45) is 0. The topological polar surface area (TPSA) is 25.2 Å². The van der Waals surface area contributed by atoms with Crippen molar-refractivity contribution in [1.82, 2.24) is 0 Å². The Morgan fingerprint density at radius 3 is 1.88 bits per heavy atom. The van der Waals surface area contributed by atoms with Crippen molar-refractivity contribution in [3.8, 4) is 22.3 Å². The van der Waals surface area contributed by atoms with E-state index in [1.54, 1.807) is 0 Å². The summed E-state index contributed by atoms with van der Waals surface area (Å²) in [5, 5.41) is 6.01. The Hall–Kier alpha value is -4.30. The molecular weight excluding hydrogens is 390 g/mol. The molecule has 0 saturated carbocycles. The number of rotatable bonds is 4. The second-order valence-electron chi connectivity index (χ2n) is 7.86. The molecule has 1 heterocycles. The normalized spacial score (nSPS) is 11.1. The summed E-state index contributed by atoms with van der Waals surface area (Å²) in [6.45, 7) is 0. The van der Waals surface area contributed by atoms with Crippen LogP contribution < -0.4 is 5.32 Å². The maximum atomic E-state index is 6.20. The highest BCUT2D eigenvalue weighted by molar-refractivity contribution is 6.15. The van der Waals surface area contributed by atoms with Gasteiger partial charge in [-0.1, -0.05) is 97.1 Å². The fraction of sp³-hybridized carbons (Fsp3) is 0. The van der Waals surface area contributed by atoms with Gasteiger partial charge in [0.05, 0.1) is 11.1 Å². The van der Waals surface area contributed by atoms with Gasteiger partial charge in [0.15, 0.2) is 0 Å². The molecule has 0 unspecified atom stereocenters. The average Bonchev–Trinajstić information content (AvgIpc) is 3.25. The lowest BCUT2D eigenvalue weighted by molar-refractivity contribution is 0.669. The van der Waals surface area contributed by atoms with Crippen LogP contribution >= 0.6 is 0 Å². The SMILES string of the molecule is c1ccc(-c2ccccc2Nc2c(-c3ccccc3)ccc3oc4ccccc4c23)cc1. The summed E-state index contributed by atoms with van der Waals surface area (Å²) < 4.78 is 6.20. The van der Waals surface area contributed by atoms with Gasteiger partial charge in [-0.25, -0.2) is 0 Å². The molecule has 0 bridgehead atoms. The second kappa shape index (κ2) is 7.75. The number of nitrogens with one attached hydrogen (secondary N) is 1. The predicted octanol–water partition coefficient (Wildman–Crippen LogP) is 8.66. The lowest BCUT2D eigenvalue weighted by Crippen LogP contribution is -1.96. The van der Waals surface area contributed by atoms with Crippen LogP contribution in [0.1, 0.15) is 0 Å². The molecule has 6 aromatic rings. The maximum Gasteiger partial charge on any atom is 0.137 e. The third kappa shape index (κ3) is 3.14. The monoisotopic (exact) mass is 411 g/mol. The fourth-order valence-electron chi connectivity index (χ4n) is 4.40. The van der Waals surface area contributed by atoms with Crippen molar-refractivity contribution in [1.29, 1.82) is 0 Å². The first-order valence-corrected chi connectivity index (χ1v) is 10.8. The third-order valence-electron chi connectivity index (χ3n) is 5.90. The van der Waals surface area contributed by atoms with E-state index in [2.05, 4.69) is 102 Å². The van der Waals surface area contributed by atoms with Crippen LogP contribution in [0.25, 0.3) is 44.2 Å². The lowest BCUT2D eigenvalue weighted by atomic mass is 9.98. The highest BCUT2D eigenvalue weighted by atomic mass is 16.3. The standard InChI is InChI=1S/C30H21NO/c1-3-11-21(12-4-1)23-15-7-9-17-26(23)31-30-24(22-13-5-2-6-14-22)19-20-28-29(30)25-16-8-10-18-27(25)32-28/h1-20,31H. The molecule has 0 aliphatic rings. The lowest BCUT2D eigenvalue weighted by Gasteiger charge is -2.17. The highest BCUT2D eigenvalue weighted by Gasteiger charge is 2.17. The van der Waals surface area contributed by atoms with Gasteiger partial charge in [0.1, 0.15) is 11.2 Å². The molecule has 2 heteroatoms. The second-order valence-corrected chi connectivity index (χ2v) is 7.86. The zero-order chi connectivity index (χ0) is 21.3. The first-order chi connectivity index (χ1) is 15.9. The number of hydrogen-bond donors (Lipinski definition) is 1. The van der Waals surface area contributed by atoms with Gasteiger partial charge >= 0.3 is 0 Å². The summed E-state index contributed by atoms with van der Waals surface area (Å²) in [5.41, 5.74) is 8.55. The Labute approximate surface area is 186 Å². The molecule has 1 N–H and O–H groups in total. The minimum Gasteiger partial charge on any atom is -0.456 e.